The zero-order chi connectivity index (χ0) is 15.5. The Morgan fingerprint density at radius 3 is 2.40 bits per heavy atom. The van der Waals surface area contributed by atoms with Crippen LogP contribution in [0.25, 0.3) is 0 Å². The number of carbonyl (C=O) groups excluding carboxylic acids is 1. The zero-order valence-corrected chi connectivity index (χ0v) is 14.2. The molecule has 0 N–H and O–H groups in total. The third-order valence-electron chi connectivity index (χ3n) is 2.67. The molecule has 1 aromatic carbocycles. The topological polar surface area (TPSA) is 66.9 Å². The molecule has 0 saturated carbocycles. The number of benzene rings is 1. The van der Waals surface area contributed by atoms with E-state index in [-0.39, 0.29) is 23.1 Å². The zero-order valence-electron chi connectivity index (χ0n) is 11.8. The van der Waals surface area contributed by atoms with Crippen LogP contribution in [0.4, 0.5) is 0 Å². The Morgan fingerprint density at radius 2 is 1.90 bits per heavy atom. The largest absolute Gasteiger partial charge is 0.495 e. The summed E-state index contributed by atoms with van der Waals surface area (Å²) in [7, 11) is 2.10. The molecule has 1 rings (SSSR count). The lowest BCUT2D eigenvalue weighted by Gasteiger charge is -2.20. The first-order valence-electron chi connectivity index (χ1n) is 5.70. The van der Waals surface area contributed by atoms with E-state index in [2.05, 4.69) is 15.9 Å². The van der Waals surface area contributed by atoms with E-state index in [1.807, 2.05) is 0 Å². The molecule has 0 aromatic heterocycles. The van der Waals surface area contributed by atoms with E-state index >= 15 is 0 Å². The summed E-state index contributed by atoms with van der Waals surface area (Å²) in [5.41, 5.74) is 0. The molecule has 0 aliphatic rings. The number of likely N-dealkylation sites (N-methyl/N-ethyl adjacent to an activating group) is 2. The lowest BCUT2D eigenvalue weighted by atomic mass is 10.3. The molecular formula is C12H17BrN2O4S. The van der Waals surface area contributed by atoms with Crippen LogP contribution in [0.2, 0.25) is 0 Å². The molecule has 0 spiro atoms. The van der Waals surface area contributed by atoms with Crippen molar-refractivity contribution in [2.24, 2.45) is 0 Å². The van der Waals surface area contributed by atoms with Crippen molar-refractivity contribution >= 4 is 31.9 Å². The average Bonchev–Trinajstić information content (AvgIpc) is 2.38. The number of halogens is 1. The number of ether oxygens (including phenoxy) is 1. The Labute approximate surface area is 127 Å². The number of nitrogens with zero attached hydrogens (tertiary/aromatic N) is 2. The number of methoxy groups -OCH3 is 1. The minimum atomic E-state index is -3.80. The normalized spacial score (nSPS) is 11.5. The standard InChI is InChI=1S/C12H17BrN2O4S/c1-14(2)12(16)8-15(3)20(17,18)11-7-9(13)5-6-10(11)19-4/h5-7H,8H2,1-4H3. The molecular weight excluding hydrogens is 348 g/mol. The fourth-order valence-corrected chi connectivity index (χ4v) is 3.25. The minimum absolute atomic E-state index is 0.0171. The van der Waals surface area contributed by atoms with Gasteiger partial charge >= 0.3 is 0 Å². The smallest absolute Gasteiger partial charge is 0.247 e. The van der Waals surface area contributed by atoms with Crippen molar-refractivity contribution in [2.45, 2.75) is 4.90 Å². The van der Waals surface area contributed by atoms with E-state index in [4.69, 9.17) is 4.74 Å². The van der Waals surface area contributed by atoms with Crippen LogP contribution in [0.5, 0.6) is 5.75 Å². The van der Waals surface area contributed by atoms with E-state index in [1.54, 1.807) is 26.2 Å². The Hall–Kier alpha value is -1.12. The van der Waals surface area contributed by atoms with E-state index < -0.39 is 10.0 Å². The monoisotopic (exact) mass is 364 g/mol. The Bertz CT molecular complexity index is 601. The SMILES string of the molecule is COc1ccc(Br)cc1S(=O)(=O)N(C)CC(=O)N(C)C. The highest BCUT2D eigenvalue weighted by molar-refractivity contribution is 9.10. The molecule has 0 atom stereocenters. The first-order valence-corrected chi connectivity index (χ1v) is 7.93. The lowest BCUT2D eigenvalue weighted by molar-refractivity contribution is -0.128. The molecule has 112 valence electrons. The Morgan fingerprint density at radius 1 is 1.30 bits per heavy atom. The molecule has 0 aliphatic carbocycles. The van der Waals surface area contributed by atoms with Crippen LogP contribution in [0.15, 0.2) is 27.6 Å². The number of rotatable bonds is 5. The summed E-state index contributed by atoms with van der Waals surface area (Å²) in [5.74, 6) is -0.0672. The summed E-state index contributed by atoms with van der Waals surface area (Å²) in [6.45, 7) is -0.231. The van der Waals surface area contributed by atoms with Crippen LogP contribution in [0.3, 0.4) is 0 Å². The van der Waals surface area contributed by atoms with Gasteiger partial charge in [0.1, 0.15) is 10.6 Å². The van der Waals surface area contributed by atoms with Crippen molar-refractivity contribution in [3.8, 4) is 5.75 Å². The van der Waals surface area contributed by atoms with Gasteiger partial charge in [0.15, 0.2) is 0 Å². The molecule has 1 aromatic rings. The van der Waals surface area contributed by atoms with Crippen LogP contribution in [-0.4, -0.2) is 58.3 Å². The van der Waals surface area contributed by atoms with Crippen molar-refractivity contribution in [2.75, 3.05) is 34.8 Å². The van der Waals surface area contributed by atoms with Crippen molar-refractivity contribution in [3.05, 3.63) is 22.7 Å². The summed E-state index contributed by atoms with van der Waals surface area (Å²) in [6, 6.07) is 4.69. The maximum atomic E-state index is 12.5. The van der Waals surface area contributed by atoms with Crippen molar-refractivity contribution in [3.63, 3.8) is 0 Å². The predicted molar refractivity (Wildman–Crippen MR) is 79.2 cm³/mol. The highest BCUT2D eigenvalue weighted by atomic mass is 79.9. The third-order valence-corrected chi connectivity index (χ3v) is 4.99. The second kappa shape index (κ2) is 6.55. The van der Waals surface area contributed by atoms with Gasteiger partial charge in [-0.05, 0) is 18.2 Å². The maximum Gasteiger partial charge on any atom is 0.247 e. The first kappa shape index (κ1) is 16.9. The van der Waals surface area contributed by atoms with Crippen molar-refractivity contribution in [1.82, 2.24) is 9.21 Å². The average molecular weight is 365 g/mol. The molecule has 20 heavy (non-hydrogen) atoms. The number of hydrogen-bond acceptors (Lipinski definition) is 4. The highest BCUT2D eigenvalue weighted by Gasteiger charge is 2.27. The molecule has 0 unspecified atom stereocenters. The molecule has 0 heterocycles. The summed E-state index contributed by atoms with van der Waals surface area (Å²) in [5, 5.41) is 0. The predicted octanol–water partition coefficient (Wildman–Crippen LogP) is 1.17. The second-order valence-electron chi connectivity index (χ2n) is 4.34. The van der Waals surface area contributed by atoms with Gasteiger partial charge in [0, 0.05) is 25.6 Å². The number of amides is 1. The molecule has 1 amide bonds. The van der Waals surface area contributed by atoms with E-state index in [1.165, 1.54) is 25.1 Å². The number of hydrogen-bond donors (Lipinski definition) is 0. The van der Waals surface area contributed by atoms with Crippen LogP contribution in [0.1, 0.15) is 0 Å². The quantitative estimate of drug-likeness (QED) is 0.786. The Kier molecular flexibility index (Phi) is 5.55. The van der Waals surface area contributed by atoms with Crippen molar-refractivity contribution < 1.29 is 17.9 Å². The summed E-state index contributed by atoms with van der Waals surface area (Å²) < 4.78 is 31.6. The van der Waals surface area contributed by atoms with E-state index in [9.17, 15) is 13.2 Å². The van der Waals surface area contributed by atoms with Gasteiger partial charge in [0.2, 0.25) is 15.9 Å². The molecule has 0 saturated heterocycles. The summed E-state index contributed by atoms with van der Waals surface area (Å²) in [4.78, 5) is 13.0. The van der Waals surface area contributed by atoms with Crippen molar-refractivity contribution in [1.29, 1.82) is 0 Å². The fourth-order valence-electron chi connectivity index (χ4n) is 1.44. The van der Waals surface area contributed by atoms with Crippen LogP contribution >= 0.6 is 15.9 Å². The van der Waals surface area contributed by atoms with Crippen LogP contribution < -0.4 is 4.74 Å². The van der Waals surface area contributed by atoms with Gasteiger partial charge in [0.05, 0.1) is 13.7 Å². The van der Waals surface area contributed by atoms with Gasteiger partial charge in [0.25, 0.3) is 0 Å². The maximum absolute atomic E-state index is 12.5. The summed E-state index contributed by atoms with van der Waals surface area (Å²) >= 11 is 3.23. The summed E-state index contributed by atoms with van der Waals surface area (Å²) in [6.07, 6.45) is 0. The number of carbonyl (C=O) groups is 1. The van der Waals surface area contributed by atoms with E-state index in [0.29, 0.717) is 4.47 Å². The van der Waals surface area contributed by atoms with Gasteiger partial charge in [-0.15, -0.1) is 0 Å². The van der Waals surface area contributed by atoms with Crippen LogP contribution in [-0.2, 0) is 14.8 Å². The molecule has 0 fully saturated rings. The lowest BCUT2D eigenvalue weighted by Crippen LogP contribution is -2.37. The minimum Gasteiger partial charge on any atom is -0.495 e. The molecule has 8 heteroatoms. The molecule has 0 radical (unpaired) electrons. The number of sulfonamides is 1. The van der Waals surface area contributed by atoms with E-state index in [0.717, 1.165) is 4.31 Å². The van der Waals surface area contributed by atoms with Gasteiger partial charge in [-0.25, -0.2) is 8.42 Å². The van der Waals surface area contributed by atoms with Gasteiger partial charge < -0.3 is 9.64 Å². The molecule has 0 bridgehead atoms. The fraction of sp³-hybridized carbons (Fsp3) is 0.417. The van der Waals surface area contributed by atoms with Gasteiger partial charge in [-0.3, -0.25) is 4.79 Å². The molecule has 6 nitrogen and oxygen atoms in total. The first-order chi connectivity index (χ1) is 9.20. The third kappa shape index (κ3) is 3.71. The van der Waals surface area contributed by atoms with Crippen LogP contribution in [0, 0.1) is 0 Å². The van der Waals surface area contributed by atoms with Gasteiger partial charge in [-0.2, -0.15) is 4.31 Å². The highest BCUT2D eigenvalue weighted by Crippen LogP contribution is 2.29. The van der Waals surface area contributed by atoms with Gasteiger partial charge in [-0.1, -0.05) is 15.9 Å². The Balaban J connectivity index is 3.16. The molecule has 0 aliphatic heterocycles. The second-order valence-corrected chi connectivity index (χ2v) is 7.27.